The van der Waals surface area contributed by atoms with Gasteiger partial charge in [-0.05, 0) is 24.8 Å². The topological polar surface area (TPSA) is 0 Å². The zero-order valence-electron chi connectivity index (χ0n) is 9.88. The summed E-state index contributed by atoms with van der Waals surface area (Å²) in [6.45, 7) is 12.1. The third-order valence-electron chi connectivity index (χ3n) is 2.03. The quantitative estimate of drug-likeness (QED) is 0.593. The van der Waals surface area contributed by atoms with Crippen LogP contribution in [0.15, 0.2) is 36.9 Å². The Morgan fingerprint density at radius 3 is 1.93 bits per heavy atom. The molecule has 1 rings (SSSR count). The average molecular weight is 190 g/mol. The van der Waals surface area contributed by atoms with Crippen LogP contribution in [0.1, 0.15) is 44.2 Å². The maximum atomic E-state index is 3.48. The van der Waals surface area contributed by atoms with Crippen LogP contribution in [0.3, 0.4) is 0 Å². The van der Waals surface area contributed by atoms with Crippen LogP contribution in [0.25, 0.3) is 0 Å². The predicted octanol–water partition coefficient (Wildman–Crippen LogP) is 4.70. The lowest BCUT2D eigenvalue weighted by Crippen LogP contribution is -1.85. The molecule has 0 fully saturated rings. The summed E-state index contributed by atoms with van der Waals surface area (Å²) in [5, 5.41) is 0. The van der Waals surface area contributed by atoms with Crippen molar-refractivity contribution in [3.05, 3.63) is 48.0 Å². The van der Waals surface area contributed by atoms with Crippen molar-refractivity contribution in [2.24, 2.45) is 0 Å². The molecule has 0 saturated carbocycles. The Morgan fingerprint density at radius 2 is 1.64 bits per heavy atom. The van der Waals surface area contributed by atoms with Gasteiger partial charge in [0, 0.05) is 0 Å². The van der Waals surface area contributed by atoms with Crippen molar-refractivity contribution >= 4 is 0 Å². The molecule has 0 amide bonds. The summed E-state index contributed by atoms with van der Waals surface area (Å²) in [5.41, 5.74) is 2.76. The van der Waals surface area contributed by atoms with E-state index < -0.39 is 0 Å². The SMILES string of the molecule is C=CCC.Cc1ccc(C(C)C)cc1. The molecule has 0 heteroatoms. The maximum absolute atomic E-state index is 3.48. The van der Waals surface area contributed by atoms with Crippen LogP contribution in [-0.4, -0.2) is 0 Å². The number of allylic oxidation sites excluding steroid dienone is 1. The van der Waals surface area contributed by atoms with Crippen LogP contribution in [0.5, 0.6) is 0 Å². The molecule has 78 valence electrons. The van der Waals surface area contributed by atoms with Gasteiger partial charge in [0.25, 0.3) is 0 Å². The van der Waals surface area contributed by atoms with Gasteiger partial charge in [0.1, 0.15) is 0 Å². The summed E-state index contributed by atoms with van der Waals surface area (Å²) in [6, 6.07) is 8.71. The van der Waals surface area contributed by atoms with Crippen molar-refractivity contribution in [3.63, 3.8) is 0 Å². The Kier molecular flexibility index (Phi) is 6.82. The summed E-state index contributed by atoms with van der Waals surface area (Å²) in [7, 11) is 0. The molecule has 0 aromatic heterocycles. The van der Waals surface area contributed by atoms with Crippen LogP contribution in [0.4, 0.5) is 0 Å². The average Bonchev–Trinajstić information content (AvgIpc) is 2.19. The van der Waals surface area contributed by atoms with Gasteiger partial charge in [0.2, 0.25) is 0 Å². The van der Waals surface area contributed by atoms with Gasteiger partial charge in [-0.25, -0.2) is 0 Å². The zero-order valence-corrected chi connectivity index (χ0v) is 9.88. The van der Waals surface area contributed by atoms with Crippen LogP contribution >= 0.6 is 0 Å². The molecule has 1 aromatic carbocycles. The lowest BCUT2D eigenvalue weighted by molar-refractivity contribution is 0.866. The van der Waals surface area contributed by atoms with E-state index in [0.717, 1.165) is 6.42 Å². The van der Waals surface area contributed by atoms with E-state index >= 15 is 0 Å². The number of aryl methyl sites for hydroxylation is 1. The maximum Gasteiger partial charge on any atom is -0.0219 e. The number of hydrogen-bond donors (Lipinski definition) is 0. The minimum Gasteiger partial charge on any atom is -0.103 e. The van der Waals surface area contributed by atoms with E-state index in [0.29, 0.717) is 5.92 Å². The Hall–Kier alpha value is -1.04. The molecule has 0 saturated heterocycles. The first-order chi connectivity index (χ1) is 6.61. The number of rotatable bonds is 2. The molecule has 0 radical (unpaired) electrons. The van der Waals surface area contributed by atoms with Crippen molar-refractivity contribution in [3.8, 4) is 0 Å². The summed E-state index contributed by atoms with van der Waals surface area (Å²) >= 11 is 0. The second-order valence-corrected chi connectivity index (χ2v) is 3.76. The molecule has 0 N–H and O–H groups in total. The molecule has 0 aliphatic heterocycles. The van der Waals surface area contributed by atoms with Crippen molar-refractivity contribution < 1.29 is 0 Å². The molecule has 14 heavy (non-hydrogen) atoms. The summed E-state index contributed by atoms with van der Waals surface area (Å²) in [6.07, 6.45) is 2.96. The van der Waals surface area contributed by atoms with Gasteiger partial charge in [-0.2, -0.15) is 0 Å². The van der Waals surface area contributed by atoms with Gasteiger partial charge in [0.15, 0.2) is 0 Å². The van der Waals surface area contributed by atoms with Crippen molar-refractivity contribution in [2.45, 2.75) is 40.0 Å². The van der Waals surface area contributed by atoms with E-state index in [9.17, 15) is 0 Å². The number of hydrogen-bond acceptors (Lipinski definition) is 0. The van der Waals surface area contributed by atoms with Crippen molar-refractivity contribution in [1.82, 2.24) is 0 Å². The molecule has 0 aliphatic carbocycles. The highest BCUT2D eigenvalue weighted by Crippen LogP contribution is 2.13. The van der Waals surface area contributed by atoms with Crippen molar-refractivity contribution in [1.29, 1.82) is 0 Å². The van der Waals surface area contributed by atoms with E-state index in [4.69, 9.17) is 0 Å². The Balaban J connectivity index is 0.000000364. The minimum atomic E-state index is 0.653. The first-order valence-corrected chi connectivity index (χ1v) is 5.29. The molecule has 0 bridgehead atoms. The second-order valence-electron chi connectivity index (χ2n) is 3.76. The smallest absolute Gasteiger partial charge is 0.0219 e. The predicted molar refractivity (Wildman–Crippen MR) is 65.8 cm³/mol. The minimum absolute atomic E-state index is 0.653. The molecule has 1 aromatic rings. The van der Waals surface area contributed by atoms with Crippen molar-refractivity contribution in [2.75, 3.05) is 0 Å². The largest absolute Gasteiger partial charge is 0.103 e. The van der Waals surface area contributed by atoms with Crippen LogP contribution in [0, 0.1) is 6.92 Å². The van der Waals surface area contributed by atoms with Crippen LogP contribution < -0.4 is 0 Å². The van der Waals surface area contributed by atoms with E-state index in [1.165, 1.54) is 11.1 Å². The molecule has 0 spiro atoms. The van der Waals surface area contributed by atoms with Gasteiger partial charge >= 0.3 is 0 Å². The molecule has 0 unspecified atom stereocenters. The molecule has 0 aliphatic rings. The third-order valence-corrected chi connectivity index (χ3v) is 2.03. The Bertz CT molecular complexity index is 241. The first-order valence-electron chi connectivity index (χ1n) is 5.29. The molecular weight excluding hydrogens is 168 g/mol. The standard InChI is InChI=1S/C10H14.C4H8/c1-8(2)10-6-4-9(3)5-7-10;1-3-4-2/h4-8H,1-3H3;3H,1,4H2,2H3. The fraction of sp³-hybridized carbons (Fsp3) is 0.429. The first kappa shape index (κ1) is 13.0. The summed E-state index contributed by atoms with van der Waals surface area (Å²) in [5.74, 6) is 0.653. The highest BCUT2D eigenvalue weighted by atomic mass is 14.0. The molecule has 0 heterocycles. The summed E-state index contributed by atoms with van der Waals surface area (Å²) < 4.78 is 0. The van der Waals surface area contributed by atoms with E-state index in [-0.39, 0.29) is 0 Å². The molecular formula is C14H22. The lowest BCUT2D eigenvalue weighted by Gasteiger charge is -2.03. The fourth-order valence-electron chi connectivity index (χ4n) is 0.951. The van der Waals surface area contributed by atoms with E-state index in [1.54, 1.807) is 0 Å². The lowest BCUT2D eigenvalue weighted by atomic mass is 10.0. The van der Waals surface area contributed by atoms with Gasteiger partial charge in [0.05, 0.1) is 0 Å². The Morgan fingerprint density at radius 1 is 1.21 bits per heavy atom. The van der Waals surface area contributed by atoms with Gasteiger partial charge in [-0.3, -0.25) is 0 Å². The Labute approximate surface area is 88.7 Å². The zero-order chi connectivity index (χ0) is 11.0. The van der Waals surface area contributed by atoms with Gasteiger partial charge < -0.3 is 0 Å². The highest BCUT2D eigenvalue weighted by molar-refractivity contribution is 5.23. The number of benzene rings is 1. The third kappa shape index (κ3) is 5.58. The fourth-order valence-corrected chi connectivity index (χ4v) is 0.951. The van der Waals surface area contributed by atoms with Crippen LogP contribution in [-0.2, 0) is 0 Å². The monoisotopic (exact) mass is 190 g/mol. The molecule has 0 nitrogen and oxygen atoms in total. The molecule has 0 atom stereocenters. The van der Waals surface area contributed by atoms with Crippen LogP contribution in [0.2, 0.25) is 0 Å². The van der Waals surface area contributed by atoms with E-state index in [2.05, 4.69) is 58.5 Å². The summed E-state index contributed by atoms with van der Waals surface area (Å²) in [4.78, 5) is 0. The highest BCUT2D eigenvalue weighted by Gasteiger charge is 1.95. The van der Waals surface area contributed by atoms with Gasteiger partial charge in [-0.15, -0.1) is 6.58 Å². The normalized spacial score (nSPS) is 9.21. The van der Waals surface area contributed by atoms with E-state index in [1.807, 2.05) is 6.08 Å². The van der Waals surface area contributed by atoms with Gasteiger partial charge in [-0.1, -0.05) is 56.7 Å². The second kappa shape index (κ2) is 7.37.